The summed E-state index contributed by atoms with van der Waals surface area (Å²) in [6.45, 7) is 0. The first-order valence-corrected chi connectivity index (χ1v) is 3.95. The van der Waals surface area contributed by atoms with Gasteiger partial charge in [0.2, 0.25) is 0 Å². The number of ether oxygens (including phenoxy) is 1. The fourth-order valence-electron chi connectivity index (χ4n) is 1.15. The molecule has 0 saturated heterocycles. The van der Waals surface area contributed by atoms with Gasteiger partial charge in [-0.05, 0) is 0 Å². The number of pyridine rings is 1. The molecule has 0 radical (unpaired) electrons. The molecule has 1 aromatic rings. The molecule has 1 rings (SSSR count). The van der Waals surface area contributed by atoms with Crippen LogP contribution in [0.2, 0.25) is 0 Å². The summed E-state index contributed by atoms with van der Waals surface area (Å²) >= 11 is 0. The van der Waals surface area contributed by atoms with E-state index in [-0.39, 0.29) is 17.7 Å². The van der Waals surface area contributed by atoms with Crippen molar-refractivity contribution in [2.24, 2.45) is 0 Å². The van der Waals surface area contributed by atoms with Crippen molar-refractivity contribution in [1.29, 1.82) is 5.26 Å². The van der Waals surface area contributed by atoms with Crippen LogP contribution in [0.1, 0.15) is 11.1 Å². The molecule has 0 amide bonds. The molecule has 0 aromatic carbocycles. The van der Waals surface area contributed by atoms with Gasteiger partial charge in [-0.1, -0.05) is 0 Å². The second-order valence-corrected chi connectivity index (χ2v) is 2.71. The summed E-state index contributed by atoms with van der Waals surface area (Å²) in [6.07, 6.45) is -2.82. The monoisotopic (exact) mass is 216 g/mol. The zero-order valence-corrected chi connectivity index (χ0v) is 7.80. The van der Waals surface area contributed by atoms with Crippen molar-refractivity contribution in [3.8, 4) is 11.8 Å². The molecule has 0 unspecified atom stereocenters. The lowest BCUT2D eigenvalue weighted by molar-refractivity contribution is -0.139. The predicted octanol–water partition coefficient (Wildman–Crippen LogP) is 2.18. The average Bonchev–Trinajstić information content (AvgIpc) is 2.16. The molecule has 0 aliphatic rings. The van der Waals surface area contributed by atoms with Crippen molar-refractivity contribution < 1.29 is 17.9 Å². The minimum atomic E-state index is -4.52. The maximum Gasteiger partial charge on any atom is 0.421 e. The topological polar surface area (TPSA) is 45.9 Å². The van der Waals surface area contributed by atoms with E-state index in [4.69, 9.17) is 5.26 Å². The highest BCUT2D eigenvalue weighted by atomic mass is 19.4. The molecule has 80 valence electrons. The molecule has 0 atom stereocenters. The fourth-order valence-corrected chi connectivity index (χ4v) is 1.15. The van der Waals surface area contributed by atoms with E-state index in [1.54, 1.807) is 6.07 Å². The first kappa shape index (κ1) is 11.3. The lowest BCUT2D eigenvalue weighted by Crippen LogP contribution is -2.09. The molecular weight excluding hydrogens is 209 g/mol. The highest BCUT2D eigenvalue weighted by Crippen LogP contribution is 2.37. The van der Waals surface area contributed by atoms with Crippen LogP contribution in [0.25, 0.3) is 0 Å². The Morgan fingerprint density at radius 2 is 2.13 bits per heavy atom. The maximum atomic E-state index is 12.5. The summed E-state index contributed by atoms with van der Waals surface area (Å²) in [5.74, 6) is -0.334. The number of hydrogen-bond acceptors (Lipinski definition) is 3. The SMILES string of the molecule is COc1c(CC#N)cncc1C(F)(F)F. The van der Waals surface area contributed by atoms with Crippen LogP contribution in [-0.4, -0.2) is 12.1 Å². The zero-order valence-electron chi connectivity index (χ0n) is 7.80. The number of methoxy groups -OCH3 is 1. The van der Waals surface area contributed by atoms with Crippen LogP contribution in [0, 0.1) is 11.3 Å². The van der Waals surface area contributed by atoms with Gasteiger partial charge >= 0.3 is 6.18 Å². The number of nitrogens with zero attached hydrogens (tertiary/aromatic N) is 2. The number of halogens is 3. The molecule has 0 fully saturated rings. The van der Waals surface area contributed by atoms with E-state index >= 15 is 0 Å². The largest absolute Gasteiger partial charge is 0.496 e. The summed E-state index contributed by atoms with van der Waals surface area (Å²) in [7, 11) is 1.13. The van der Waals surface area contributed by atoms with E-state index in [0.29, 0.717) is 6.20 Å². The quantitative estimate of drug-likeness (QED) is 0.761. The van der Waals surface area contributed by atoms with Crippen LogP contribution >= 0.6 is 0 Å². The molecule has 0 spiro atoms. The van der Waals surface area contributed by atoms with Crippen LogP contribution in [0.5, 0.6) is 5.75 Å². The molecule has 3 nitrogen and oxygen atoms in total. The Morgan fingerprint density at radius 1 is 1.47 bits per heavy atom. The summed E-state index contributed by atoms with van der Waals surface area (Å²) < 4.78 is 42.0. The van der Waals surface area contributed by atoms with Crippen molar-refractivity contribution in [1.82, 2.24) is 4.98 Å². The fraction of sp³-hybridized carbons (Fsp3) is 0.333. The third kappa shape index (κ3) is 2.37. The Hall–Kier alpha value is -1.77. The van der Waals surface area contributed by atoms with Crippen molar-refractivity contribution in [2.45, 2.75) is 12.6 Å². The number of aromatic nitrogens is 1. The number of hydrogen-bond donors (Lipinski definition) is 0. The normalized spacial score (nSPS) is 10.9. The smallest absolute Gasteiger partial charge is 0.421 e. The van der Waals surface area contributed by atoms with Gasteiger partial charge in [-0.25, -0.2) is 0 Å². The summed E-state index contributed by atoms with van der Waals surface area (Å²) in [5, 5.41) is 8.42. The van der Waals surface area contributed by atoms with E-state index in [2.05, 4.69) is 9.72 Å². The molecule has 6 heteroatoms. The molecule has 1 aromatic heterocycles. The Kier molecular flexibility index (Phi) is 3.14. The van der Waals surface area contributed by atoms with Crippen molar-refractivity contribution in [3.63, 3.8) is 0 Å². The van der Waals surface area contributed by atoms with Crippen LogP contribution in [0.3, 0.4) is 0 Å². The van der Waals surface area contributed by atoms with Gasteiger partial charge in [0.25, 0.3) is 0 Å². The second-order valence-electron chi connectivity index (χ2n) is 2.71. The van der Waals surface area contributed by atoms with Crippen LogP contribution < -0.4 is 4.74 Å². The molecule has 0 N–H and O–H groups in total. The van der Waals surface area contributed by atoms with Gasteiger partial charge in [0, 0.05) is 18.0 Å². The van der Waals surface area contributed by atoms with Crippen molar-refractivity contribution >= 4 is 0 Å². The van der Waals surface area contributed by atoms with Crippen LogP contribution in [-0.2, 0) is 12.6 Å². The Balaban J connectivity index is 3.30. The lowest BCUT2D eigenvalue weighted by Gasteiger charge is -2.13. The van der Waals surface area contributed by atoms with Crippen molar-refractivity contribution in [2.75, 3.05) is 7.11 Å². The molecule has 15 heavy (non-hydrogen) atoms. The molecule has 0 aliphatic carbocycles. The van der Waals surface area contributed by atoms with E-state index in [9.17, 15) is 13.2 Å². The predicted molar refractivity (Wildman–Crippen MR) is 45.1 cm³/mol. The van der Waals surface area contributed by atoms with E-state index in [1.165, 1.54) is 6.20 Å². The van der Waals surface area contributed by atoms with Crippen LogP contribution in [0.15, 0.2) is 12.4 Å². The highest BCUT2D eigenvalue weighted by molar-refractivity contribution is 5.41. The maximum absolute atomic E-state index is 12.5. The van der Waals surface area contributed by atoms with Gasteiger partial charge < -0.3 is 4.74 Å². The zero-order chi connectivity index (χ0) is 11.5. The third-order valence-electron chi connectivity index (χ3n) is 1.75. The minimum Gasteiger partial charge on any atom is -0.496 e. The van der Waals surface area contributed by atoms with Gasteiger partial charge in [-0.15, -0.1) is 0 Å². The molecule has 0 aliphatic heterocycles. The molecule has 1 heterocycles. The Morgan fingerprint density at radius 3 is 2.60 bits per heavy atom. The first-order valence-electron chi connectivity index (χ1n) is 3.95. The highest BCUT2D eigenvalue weighted by Gasteiger charge is 2.35. The lowest BCUT2D eigenvalue weighted by atomic mass is 10.1. The number of nitriles is 1. The average molecular weight is 216 g/mol. The summed E-state index contributed by atoms with van der Waals surface area (Å²) in [6, 6.07) is 1.75. The first-order chi connectivity index (χ1) is 7.00. The number of alkyl halides is 3. The Bertz CT molecular complexity index is 395. The summed E-state index contributed by atoms with van der Waals surface area (Å²) in [4.78, 5) is 3.43. The Labute approximate surface area is 84.1 Å². The summed E-state index contributed by atoms with van der Waals surface area (Å²) in [5.41, 5.74) is -0.826. The minimum absolute atomic E-state index is 0.134. The van der Waals surface area contributed by atoms with E-state index < -0.39 is 11.7 Å². The third-order valence-corrected chi connectivity index (χ3v) is 1.75. The van der Waals surface area contributed by atoms with Crippen LogP contribution in [0.4, 0.5) is 13.2 Å². The van der Waals surface area contributed by atoms with Gasteiger partial charge in [-0.3, -0.25) is 4.98 Å². The molecule has 0 saturated carbocycles. The van der Waals surface area contributed by atoms with Gasteiger partial charge in [-0.2, -0.15) is 18.4 Å². The second kappa shape index (κ2) is 4.17. The standard InChI is InChI=1S/C9H7F3N2O/c1-15-8-6(2-3-13)4-14-5-7(8)9(10,11)12/h4-5H,2H2,1H3. The molecular formula is C9H7F3N2O. The van der Waals surface area contributed by atoms with E-state index in [0.717, 1.165) is 7.11 Å². The van der Waals surface area contributed by atoms with Gasteiger partial charge in [0.1, 0.15) is 11.3 Å². The molecule has 0 bridgehead atoms. The van der Waals surface area contributed by atoms with Gasteiger partial charge in [0.15, 0.2) is 0 Å². The van der Waals surface area contributed by atoms with Crippen molar-refractivity contribution in [3.05, 3.63) is 23.5 Å². The number of rotatable bonds is 2. The van der Waals surface area contributed by atoms with Gasteiger partial charge in [0.05, 0.1) is 19.6 Å². The van der Waals surface area contributed by atoms with E-state index in [1.807, 2.05) is 0 Å².